The van der Waals surface area contributed by atoms with Gasteiger partial charge in [-0.1, -0.05) is 13.8 Å². The molecule has 8 heteroatoms. The number of halogens is 4. The summed E-state index contributed by atoms with van der Waals surface area (Å²) in [4.78, 5) is 0. The molecule has 4 nitrogen and oxygen atoms in total. The van der Waals surface area contributed by atoms with Crippen LogP contribution in [-0.2, 0) is 14.9 Å². The van der Waals surface area contributed by atoms with Gasteiger partial charge in [0.15, 0.2) is 11.5 Å². The minimum atomic E-state index is -0.264. The van der Waals surface area contributed by atoms with Gasteiger partial charge < -0.3 is 18.9 Å². The Kier molecular flexibility index (Phi) is 6.17. The summed E-state index contributed by atoms with van der Waals surface area (Å²) in [7, 11) is 0. The summed E-state index contributed by atoms with van der Waals surface area (Å²) in [6, 6.07) is 8.39. The Bertz CT molecular complexity index is 840. The number of hydrogen-bond donors (Lipinski definition) is 0. The van der Waals surface area contributed by atoms with Crippen molar-refractivity contribution in [3.8, 4) is 11.5 Å². The summed E-state index contributed by atoms with van der Waals surface area (Å²) >= 11 is 14.6. The molecule has 4 rings (SSSR count). The first-order chi connectivity index (χ1) is 13.6. The van der Waals surface area contributed by atoms with Gasteiger partial charge in [0.05, 0.1) is 17.9 Å². The predicted molar refractivity (Wildman–Crippen MR) is 126 cm³/mol. The molecule has 2 aliphatic heterocycles. The monoisotopic (exact) mass is 652 g/mol. The normalized spacial score (nSPS) is 25.7. The Morgan fingerprint density at radius 1 is 0.690 bits per heavy atom. The zero-order chi connectivity index (χ0) is 21.1. The molecule has 156 valence electrons. The van der Waals surface area contributed by atoms with Gasteiger partial charge in [-0.3, -0.25) is 0 Å². The zero-order valence-corrected chi connectivity index (χ0v) is 22.6. The van der Waals surface area contributed by atoms with Gasteiger partial charge in [0, 0.05) is 5.41 Å². The van der Waals surface area contributed by atoms with E-state index in [1.807, 2.05) is 13.8 Å². The van der Waals surface area contributed by atoms with Crippen molar-refractivity contribution in [2.75, 3.05) is 0 Å². The largest absolute Gasteiger partial charge is 0.460 e. The lowest BCUT2D eigenvalue weighted by atomic mass is 9.78. The Morgan fingerprint density at radius 3 is 1.21 bits per heavy atom. The quantitative estimate of drug-likeness (QED) is 0.306. The van der Waals surface area contributed by atoms with E-state index in [0.29, 0.717) is 0 Å². The van der Waals surface area contributed by atoms with Gasteiger partial charge in [-0.2, -0.15) is 0 Å². The van der Waals surface area contributed by atoms with E-state index < -0.39 is 0 Å². The van der Waals surface area contributed by atoms with Crippen molar-refractivity contribution in [1.82, 2.24) is 0 Å². The highest BCUT2D eigenvalue weighted by molar-refractivity contribution is 9.11. The molecular weight excluding hydrogens is 636 g/mol. The first kappa shape index (κ1) is 22.1. The van der Waals surface area contributed by atoms with Crippen LogP contribution >= 0.6 is 63.7 Å². The van der Waals surface area contributed by atoms with Crippen LogP contribution in [0.25, 0.3) is 0 Å². The first-order valence-electron chi connectivity index (χ1n) is 9.21. The molecule has 0 bridgehead atoms. The highest BCUT2D eigenvalue weighted by Crippen LogP contribution is 2.45. The Labute approximate surface area is 204 Å². The van der Waals surface area contributed by atoms with E-state index in [2.05, 4.69) is 102 Å². The lowest BCUT2D eigenvalue weighted by Gasteiger charge is -2.28. The zero-order valence-electron chi connectivity index (χ0n) is 16.3. The SMILES string of the molecule is CC1OC1Oc1c(Br)cc(C(C)(C)c2cc(Br)c(OC3OC3C)c(Br)c2)cc1Br. The lowest BCUT2D eigenvalue weighted by Crippen LogP contribution is -2.19. The van der Waals surface area contributed by atoms with Crippen molar-refractivity contribution in [1.29, 1.82) is 0 Å². The van der Waals surface area contributed by atoms with Crippen molar-refractivity contribution in [2.45, 2.75) is 57.9 Å². The van der Waals surface area contributed by atoms with E-state index in [9.17, 15) is 0 Å². The van der Waals surface area contributed by atoms with Crippen LogP contribution in [0.15, 0.2) is 42.2 Å². The highest BCUT2D eigenvalue weighted by atomic mass is 79.9. The molecule has 29 heavy (non-hydrogen) atoms. The Morgan fingerprint density at radius 2 is 0.966 bits per heavy atom. The summed E-state index contributed by atoms with van der Waals surface area (Å²) in [5, 5.41) is 0. The maximum Gasteiger partial charge on any atom is 0.226 e. The standard InChI is InChI=1S/C21H20Br4O4/c1-9-19(26-9)28-17-13(22)5-11(6-14(17)23)21(3,4)12-7-15(24)18(16(25)8-12)29-20-10(2)27-20/h5-10,19-20H,1-4H3. The molecule has 0 aromatic heterocycles. The van der Waals surface area contributed by atoms with E-state index >= 15 is 0 Å². The third-order valence-electron chi connectivity index (χ3n) is 5.22. The molecular formula is C21H20Br4O4. The van der Waals surface area contributed by atoms with Crippen LogP contribution in [-0.4, -0.2) is 24.8 Å². The molecule has 0 radical (unpaired) electrons. The predicted octanol–water partition coefficient (Wildman–Crippen LogP) is 7.31. The van der Waals surface area contributed by atoms with Crippen molar-refractivity contribution in [3.63, 3.8) is 0 Å². The van der Waals surface area contributed by atoms with Gasteiger partial charge in [0.1, 0.15) is 12.2 Å². The summed E-state index contributed by atoms with van der Waals surface area (Å²) in [5.74, 6) is 1.51. The van der Waals surface area contributed by atoms with Gasteiger partial charge in [-0.25, -0.2) is 0 Å². The molecule has 2 saturated heterocycles. The van der Waals surface area contributed by atoms with E-state index in [0.717, 1.165) is 40.5 Å². The van der Waals surface area contributed by atoms with Crippen LogP contribution in [0.1, 0.15) is 38.8 Å². The second kappa shape index (κ2) is 8.10. The van der Waals surface area contributed by atoms with E-state index in [-0.39, 0.29) is 30.2 Å². The molecule has 2 aromatic rings. The second-order valence-corrected chi connectivity index (χ2v) is 11.2. The van der Waals surface area contributed by atoms with Crippen molar-refractivity contribution < 1.29 is 18.9 Å². The maximum absolute atomic E-state index is 5.92. The fourth-order valence-electron chi connectivity index (χ4n) is 3.05. The van der Waals surface area contributed by atoms with Crippen LogP contribution in [0.3, 0.4) is 0 Å². The van der Waals surface area contributed by atoms with E-state index in [1.54, 1.807) is 0 Å². The third-order valence-corrected chi connectivity index (χ3v) is 7.57. The first-order valence-corrected chi connectivity index (χ1v) is 12.4. The molecule has 0 saturated carbocycles. The number of hydrogen-bond acceptors (Lipinski definition) is 4. The molecule has 0 aliphatic carbocycles. The van der Waals surface area contributed by atoms with Gasteiger partial charge in [0.2, 0.25) is 12.6 Å². The summed E-state index contributed by atoms with van der Waals surface area (Å²) in [6.45, 7) is 8.36. The molecule has 0 N–H and O–H groups in total. The fourth-order valence-corrected chi connectivity index (χ4v) is 5.79. The van der Waals surface area contributed by atoms with Crippen LogP contribution in [0.5, 0.6) is 11.5 Å². The average Bonchev–Trinajstić information content (AvgIpc) is 3.53. The number of ether oxygens (including phenoxy) is 4. The number of epoxide rings is 2. The number of rotatable bonds is 6. The van der Waals surface area contributed by atoms with Crippen LogP contribution in [0.2, 0.25) is 0 Å². The molecule has 4 unspecified atom stereocenters. The third kappa shape index (κ3) is 4.58. The summed E-state index contributed by atoms with van der Waals surface area (Å²) in [5.41, 5.74) is 2.01. The van der Waals surface area contributed by atoms with Gasteiger partial charge in [-0.15, -0.1) is 0 Å². The molecule has 2 heterocycles. The lowest BCUT2D eigenvalue weighted by molar-refractivity contribution is 0.176. The Hall–Kier alpha value is -0.120. The highest BCUT2D eigenvalue weighted by Gasteiger charge is 2.39. The van der Waals surface area contributed by atoms with Crippen molar-refractivity contribution >= 4 is 63.7 Å². The van der Waals surface area contributed by atoms with E-state index in [4.69, 9.17) is 18.9 Å². The molecule has 0 spiro atoms. The maximum atomic E-state index is 5.92. The Balaban J connectivity index is 1.64. The van der Waals surface area contributed by atoms with E-state index in [1.165, 1.54) is 0 Å². The van der Waals surface area contributed by atoms with Gasteiger partial charge in [0.25, 0.3) is 0 Å². The van der Waals surface area contributed by atoms with Gasteiger partial charge in [-0.05, 0) is 113 Å². The smallest absolute Gasteiger partial charge is 0.226 e. The molecule has 2 aromatic carbocycles. The second-order valence-electron chi connectivity index (χ2n) is 7.82. The fraction of sp³-hybridized carbons (Fsp3) is 0.429. The molecule has 0 amide bonds. The van der Waals surface area contributed by atoms with Crippen LogP contribution < -0.4 is 9.47 Å². The topological polar surface area (TPSA) is 43.5 Å². The number of benzene rings is 2. The summed E-state index contributed by atoms with van der Waals surface area (Å²) < 4.78 is 26.1. The summed E-state index contributed by atoms with van der Waals surface area (Å²) in [6.07, 6.45) is -0.105. The van der Waals surface area contributed by atoms with Crippen molar-refractivity contribution in [2.24, 2.45) is 0 Å². The molecule has 2 fully saturated rings. The minimum absolute atomic E-state index is 0.129. The van der Waals surface area contributed by atoms with Gasteiger partial charge >= 0.3 is 0 Å². The van der Waals surface area contributed by atoms with Crippen LogP contribution in [0.4, 0.5) is 0 Å². The molecule has 4 atom stereocenters. The van der Waals surface area contributed by atoms with Crippen molar-refractivity contribution in [3.05, 3.63) is 53.3 Å². The minimum Gasteiger partial charge on any atom is -0.460 e. The van der Waals surface area contributed by atoms with Crippen LogP contribution in [0, 0.1) is 0 Å². The average molecular weight is 656 g/mol. The molecule has 2 aliphatic rings.